The lowest BCUT2D eigenvalue weighted by Crippen LogP contribution is -2.17. The highest BCUT2D eigenvalue weighted by Gasteiger charge is 2.09. The molecular weight excluding hydrogens is 308 g/mol. The molecule has 1 amide bonds. The smallest absolute Gasteiger partial charge is 0.265 e. The van der Waals surface area contributed by atoms with E-state index in [2.05, 4.69) is 10.5 Å². The van der Waals surface area contributed by atoms with Crippen molar-refractivity contribution in [3.63, 3.8) is 0 Å². The van der Waals surface area contributed by atoms with E-state index in [1.165, 1.54) is 12.7 Å². The lowest BCUT2D eigenvalue weighted by atomic mass is 10.2. The molecule has 0 heterocycles. The molecule has 0 saturated carbocycles. The second-order valence-corrected chi connectivity index (χ2v) is 5.03. The van der Waals surface area contributed by atoms with Gasteiger partial charge in [-0.15, -0.1) is 0 Å². The molecule has 0 aliphatic heterocycles. The van der Waals surface area contributed by atoms with Gasteiger partial charge >= 0.3 is 0 Å². The highest BCUT2D eigenvalue weighted by molar-refractivity contribution is 5.93. The van der Waals surface area contributed by atoms with E-state index in [-0.39, 0.29) is 12.5 Å². The first-order valence-electron chi connectivity index (χ1n) is 7.36. The van der Waals surface area contributed by atoms with Gasteiger partial charge in [0.15, 0.2) is 6.61 Å². The number of amides is 1. The lowest BCUT2D eigenvalue weighted by Gasteiger charge is -2.11. The van der Waals surface area contributed by atoms with Crippen molar-refractivity contribution in [3.05, 3.63) is 53.6 Å². The zero-order valence-electron chi connectivity index (χ0n) is 13.9. The van der Waals surface area contributed by atoms with Crippen molar-refractivity contribution in [1.82, 2.24) is 0 Å². The van der Waals surface area contributed by atoms with E-state index in [9.17, 15) is 4.79 Å². The molecule has 0 saturated heterocycles. The molecule has 2 rings (SSSR count). The van der Waals surface area contributed by atoms with Crippen LogP contribution in [0.1, 0.15) is 11.1 Å². The second kappa shape index (κ2) is 8.57. The quantitative estimate of drug-likeness (QED) is 0.626. The fraction of sp³-hybridized carbons (Fsp3) is 0.222. The summed E-state index contributed by atoms with van der Waals surface area (Å²) in [5.41, 5.74) is 2.57. The van der Waals surface area contributed by atoms with Crippen molar-refractivity contribution in [2.75, 3.05) is 26.1 Å². The van der Waals surface area contributed by atoms with Crippen LogP contribution in [0.25, 0.3) is 0 Å². The number of nitrogens with zero attached hydrogens (tertiary/aromatic N) is 1. The number of methoxy groups -OCH3 is 2. The van der Waals surface area contributed by atoms with E-state index in [1.54, 1.807) is 31.5 Å². The summed E-state index contributed by atoms with van der Waals surface area (Å²) in [7, 11) is 3.08. The maximum atomic E-state index is 11.9. The third-order valence-corrected chi connectivity index (χ3v) is 3.23. The molecule has 6 nitrogen and oxygen atoms in total. The molecule has 2 aromatic rings. The van der Waals surface area contributed by atoms with Gasteiger partial charge in [-0.3, -0.25) is 4.79 Å². The Bertz CT molecular complexity index is 711. The third-order valence-electron chi connectivity index (χ3n) is 3.23. The molecule has 0 radical (unpaired) electrons. The van der Waals surface area contributed by atoms with Crippen LogP contribution in [0.15, 0.2) is 47.6 Å². The van der Waals surface area contributed by atoms with Gasteiger partial charge in [0, 0.05) is 6.07 Å². The van der Waals surface area contributed by atoms with Crippen LogP contribution < -0.4 is 14.8 Å². The van der Waals surface area contributed by atoms with Crippen molar-refractivity contribution in [2.24, 2.45) is 5.16 Å². The molecule has 0 aromatic heterocycles. The van der Waals surface area contributed by atoms with Crippen LogP contribution in [0.2, 0.25) is 0 Å². The Hall–Kier alpha value is -3.02. The molecule has 2 aromatic carbocycles. The molecule has 0 unspecified atom stereocenters. The molecule has 0 aliphatic carbocycles. The van der Waals surface area contributed by atoms with Crippen molar-refractivity contribution in [3.8, 4) is 11.5 Å². The Labute approximate surface area is 141 Å². The average Bonchev–Trinajstić information content (AvgIpc) is 2.60. The summed E-state index contributed by atoms with van der Waals surface area (Å²) in [6.07, 6.45) is 1.55. The van der Waals surface area contributed by atoms with E-state index in [1.807, 2.05) is 31.2 Å². The van der Waals surface area contributed by atoms with Gasteiger partial charge in [-0.25, -0.2) is 0 Å². The summed E-state index contributed by atoms with van der Waals surface area (Å²) < 4.78 is 10.3. The van der Waals surface area contributed by atoms with E-state index in [4.69, 9.17) is 14.3 Å². The fourth-order valence-corrected chi connectivity index (χ4v) is 1.94. The second-order valence-electron chi connectivity index (χ2n) is 5.03. The summed E-state index contributed by atoms with van der Waals surface area (Å²) in [6.45, 7) is 1.80. The zero-order chi connectivity index (χ0) is 17.4. The molecular formula is C18H20N2O4. The average molecular weight is 328 g/mol. The largest absolute Gasteiger partial charge is 0.497 e. The minimum absolute atomic E-state index is 0.206. The van der Waals surface area contributed by atoms with Gasteiger partial charge in [-0.2, -0.15) is 0 Å². The van der Waals surface area contributed by atoms with Gasteiger partial charge in [-0.05, 0) is 24.6 Å². The minimum Gasteiger partial charge on any atom is -0.497 e. The monoisotopic (exact) mass is 328 g/mol. The molecule has 0 bridgehead atoms. The SMILES string of the molecule is COc1ccc(OC)c(NC(=O)CO/N=C\c2ccc(C)cc2)c1. The first kappa shape index (κ1) is 17.3. The van der Waals surface area contributed by atoms with Gasteiger partial charge in [0.05, 0.1) is 26.1 Å². The Morgan fingerprint density at radius 1 is 1.12 bits per heavy atom. The highest BCUT2D eigenvalue weighted by atomic mass is 16.6. The first-order valence-corrected chi connectivity index (χ1v) is 7.36. The Balaban J connectivity index is 1.88. The highest BCUT2D eigenvalue weighted by Crippen LogP contribution is 2.28. The van der Waals surface area contributed by atoms with Gasteiger partial charge < -0.3 is 19.6 Å². The number of carbonyl (C=O) groups excluding carboxylic acids is 1. The zero-order valence-corrected chi connectivity index (χ0v) is 13.9. The molecule has 0 aliphatic rings. The number of oxime groups is 1. The molecule has 126 valence electrons. The van der Waals surface area contributed by atoms with Crippen molar-refractivity contribution < 1.29 is 19.1 Å². The Kier molecular flexibility index (Phi) is 6.19. The maximum Gasteiger partial charge on any atom is 0.265 e. The summed E-state index contributed by atoms with van der Waals surface area (Å²) in [5.74, 6) is 0.805. The number of hydrogen-bond donors (Lipinski definition) is 1. The van der Waals surface area contributed by atoms with E-state index in [0.29, 0.717) is 17.2 Å². The number of aryl methyl sites for hydroxylation is 1. The number of anilines is 1. The van der Waals surface area contributed by atoms with Crippen LogP contribution in [0, 0.1) is 6.92 Å². The summed E-state index contributed by atoms with van der Waals surface area (Å²) in [4.78, 5) is 16.9. The van der Waals surface area contributed by atoms with E-state index >= 15 is 0 Å². The molecule has 0 fully saturated rings. The Morgan fingerprint density at radius 2 is 1.88 bits per heavy atom. The molecule has 0 spiro atoms. The van der Waals surface area contributed by atoms with Crippen LogP contribution in [-0.4, -0.2) is 32.9 Å². The normalized spacial score (nSPS) is 10.5. The number of benzene rings is 2. The maximum absolute atomic E-state index is 11.9. The van der Waals surface area contributed by atoms with Gasteiger partial charge in [0.25, 0.3) is 5.91 Å². The predicted octanol–water partition coefficient (Wildman–Crippen LogP) is 3.00. The number of carbonyl (C=O) groups is 1. The van der Waals surface area contributed by atoms with E-state index < -0.39 is 0 Å². The number of hydrogen-bond acceptors (Lipinski definition) is 5. The minimum atomic E-state index is -0.345. The third kappa shape index (κ3) is 5.01. The summed E-state index contributed by atoms with van der Waals surface area (Å²) in [6, 6.07) is 12.9. The molecule has 0 atom stereocenters. The van der Waals surface area contributed by atoms with Crippen molar-refractivity contribution >= 4 is 17.8 Å². The summed E-state index contributed by atoms with van der Waals surface area (Å²) >= 11 is 0. The number of ether oxygens (including phenoxy) is 2. The number of nitrogens with one attached hydrogen (secondary N) is 1. The predicted molar refractivity (Wildman–Crippen MR) is 92.9 cm³/mol. The molecule has 6 heteroatoms. The van der Waals surface area contributed by atoms with Gasteiger partial charge in [0.2, 0.25) is 0 Å². The molecule has 1 N–H and O–H groups in total. The molecule has 24 heavy (non-hydrogen) atoms. The van der Waals surface area contributed by atoms with Gasteiger partial charge in [-0.1, -0.05) is 35.0 Å². The van der Waals surface area contributed by atoms with Crippen molar-refractivity contribution in [1.29, 1.82) is 0 Å². The van der Waals surface area contributed by atoms with Crippen LogP contribution >= 0.6 is 0 Å². The fourth-order valence-electron chi connectivity index (χ4n) is 1.94. The number of rotatable bonds is 7. The van der Waals surface area contributed by atoms with Crippen LogP contribution in [0.5, 0.6) is 11.5 Å². The summed E-state index contributed by atoms with van der Waals surface area (Å²) in [5, 5.41) is 6.49. The first-order chi connectivity index (χ1) is 11.6. The van der Waals surface area contributed by atoms with Gasteiger partial charge in [0.1, 0.15) is 11.5 Å². The standard InChI is InChI=1S/C18H20N2O4/c1-13-4-6-14(7-5-13)11-19-24-12-18(21)20-16-10-15(22-2)8-9-17(16)23-3/h4-11H,12H2,1-3H3,(H,20,21)/b19-11-. The van der Waals surface area contributed by atoms with E-state index in [0.717, 1.165) is 5.56 Å². The van der Waals surface area contributed by atoms with Crippen LogP contribution in [-0.2, 0) is 9.63 Å². The van der Waals surface area contributed by atoms with Crippen LogP contribution in [0.3, 0.4) is 0 Å². The van der Waals surface area contributed by atoms with Crippen molar-refractivity contribution in [2.45, 2.75) is 6.92 Å². The lowest BCUT2D eigenvalue weighted by molar-refractivity contribution is -0.120. The Morgan fingerprint density at radius 3 is 2.54 bits per heavy atom. The van der Waals surface area contributed by atoms with Crippen LogP contribution in [0.4, 0.5) is 5.69 Å². The topological polar surface area (TPSA) is 69.2 Å².